The second kappa shape index (κ2) is 6.16. The van der Waals surface area contributed by atoms with Gasteiger partial charge in [0.05, 0.1) is 12.0 Å². The van der Waals surface area contributed by atoms with Crippen molar-refractivity contribution in [2.24, 2.45) is 0 Å². The van der Waals surface area contributed by atoms with Gasteiger partial charge in [-0.1, -0.05) is 0 Å². The van der Waals surface area contributed by atoms with E-state index in [1.807, 2.05) is 0 Å². The first-order valence-electron chi connectivity index (χ1n) is 7.44. The number of benzene rings is 2. The number of nitrogens with one attached hydrogen (secondary N) is 2. The van der Waals surface area contributed by atoms with Crippen LogP contribution >= 0.6 is 0 Å². The molecule has 126 valence electrons. The van der Waals surface area contributed by atoms with Gasteiger partial charge in [0.2, 0.25) is 6.79 Å². The lowest BCUT2D eigenvalue weighted by molar-refractivity contribution is 0.174. The fourth-order valence-corrected chi connectivity index (χ4v) is 2.46. The molecular formula is C17H13FN4O3. The van der Waals surface area contributed by atoms with E-state index in [-0.39, 0.29) is 6.79 Å². The highest BCUT2D eigenvalue weighted by Gasteiger charge is 2.14. The zero-order chi connectivity index (χ0) is 17.2. The Morgan fingerprint density at radius 1 is 1.08 bits per heavy atom. The van der Waals surface area contributed by atoms with Crippen molar-refractivity contribution in [2.45, 2.75) is 0 Å². The lowest BCUT2D eigenvalue weighted by Gasteiger charge is -2.10. The molecule has 2 aromatic carbocycles. The molecule has 0 radical (unpaired) electrons. The molecule has 0 saturated heterocycles. The minimum atomic E-state index is -0.492. The maximum Gasteiger partial charge on any atom is 0.323 e. The quantitative estimate of drug-likeness (QED) is 0.766. The fraction of sp³-hybridized carbons (Fsp3) is 0.0588. The zero-order valence-corrected chi connectivity index (χ0v) is 12.9. The SMILES string of the molecule is O=C(Nc1ccc(-n2ccnc2)c(F)c1)Nc1ccc2c(c1)OCO2. The summed E-state index contributed by atoms with van der Waals surface area (Å²) in [6.45, 7) is 0.160. The van der Waals surface area contributed by atoms with Crippen LogP contribution in [0.25, 0.3) is 5.69 Å². The van der Waals surface area contributed by atoms with Gasteiger partial charge in [0.15, 0.2) is 11.5 Å². The third kappa shape index (κ3) is 3.09. The van der Waals surface area contributed by atoms with Gasteiger partial charge >= 0.3 is 6.03 Å². The van der Waals surface area contributed by atoms with Crippen LogP contribution in [0.4, 0.5) is 20.6 Å². The van der Waals surface area contributed by atoms with E-state index in [1.165, 1.54) is 12.4 Å². The third-order valence-electron chi connectivity index (χ3n) is 3.62. The third-order valence-corrected chi connectivity index (χ3v) is 3.62. The number of aromatic nitrogens is 2. The van der Waals surface area contributed by atoms with E-state index < -0.39 is 11.8 Å². The van der Waals surface area contributed by atoms with Gasteiger partial charge in [0, 0.05) is 29.8 Å². The summed E-state index contributed by atoms with van der Waals surface area (Å²) in [5, 5.41) is 5.24. The molecule has 2 heterocycles. The molecule has 8 heteroatoms. The first kappa shape index (κ1) is 15.0. The van der Waals surface area contributed by atoms with Gasteiger partial charge in [0.25, 0.3) is 0 Å². The van der Waals surface area contributed by atoms with Crippen molar-refractivity contribution < 1.29 is 18.7 Å². The average Bonchev–Trinajstić information content (AvgIpc) is 3.25. The topological polar surface area (TPSA) is 77.4 Å². The van der Waals surface area contributed by atoms with Crippen LogP contribution in [-0.2, 0) is 0 Å². The summed E-state index contributed by atoms with van der Waals surface area (Å²) in [7, 11) is 0. The Kier molecular flexibility index (Phi) is 3.70. The van der Waals surface area contributed by atoms with Gasteiger partial charge in [-0.25, -0.2) is 14.2 Å². The Morgan fingerprint density at radius 2 is 1.84 bits per heavy atom. The summed E-state index contributed by atoms with van der Waals surface area (Å²) < 4.78 is 26.2. The molecule has 1 aliphatic heterocycles. The molecule has 1 aliphatic rings. The minimum absolute atomic E-state index is 0.160. The van der Waals surface area contributed by atoms with Gasteiger partial charge in [0.1, 0.15) is 5.82 Å². The Hall–Kier alpha value is -3.55. The number of amides is 2. The molecule has 0 atom stereocenters. The van der Waals surface area contributed by atoms with Crippen LogP contribution in [0.15, 0.2) is 55.1 Å². The second-order valence-electron chi connectivity index (χ2n) is 5.28. The standard InChI is InChI=1S/C17H13FN4O3/c18-13-7-11(1-3-14(13)22-6-5-19-9-22)20-17(23)21-12-2-4-15-16(8-12)25-10-24-15/h1-9H,10H2,(H2,20,21,23). The molecule has 0 unspecified atom stereocenters. The Balaban J connectivity index is 1.45. The Bertz CT molecular complexity index is 928. The van der Waals surface area contributed by atoms with Gasteiger partial charge in [-0.3, -0.25) is 0 Å². The number of anilines is 2. The van der Waals surface area contributed by atoms with Crippen molar-refractivity contribution >= 4 is 17.4 Å². The molecule has 2 N–H and O–H groups in total. The number of imidazole rings is 1. The number of carbonyl (C=O) groups excluding carboxylic acids is 1. The average molecular weight is 340 g/mol. The first-order valence-corrected chi connectivity index (χ1v) is 7.44. The van der Waals surface area contributed by atoms with E-state index in [0.717, 1.165) is 0 Å². The Labute approximate surface area is 142 Å². The molecule has 0 bridgehead atoms. The number of urea groups is 1. The molecule has 3 aromatic rings. The van der Waals surface area contributed by atoms with Gasteiger partial charge in [-0.05, 0) is 30.3 Å². The van der Waals surface area contributed by atoms with E-state index in [0.29, 0.717) is 28.6 Å². The van der Waals surface area contributed by atoms with Crippen LogP contribution in [0.3, 0.4) is 0 Å². The predicted molar refractivity (Wildman–Crippen MR) is 88.7 cm³/mol. The largest absolute Gasteiger partial charge is 0.454 e. The summed E-state index contributed by atoms with van der Waals surface area (Å²) in [6.07, 6.45) is 4.69. The molecule has 0 spiro atoms. The highest BCUT2D eigenvalue weighted by molar-refractivity contribution is 6.00. The van der Waals surface area contributed by atoms with Crippen molar-refractivity contribution in [1.29, 1.82) is 0 Å². The number of rotatable bonds is 3. The van der Waals surface area contributed by atoms with Gasteiger partial charge in [-0.15, -0.1) is 0 Å². The van der Waals surface area contributed by atoms with E-state index in [9.17, 15) is 9.18 Å². The maximum absolute atomic E-state index is 14.2. The number of fused-ring (bicyclic) bond motifs is 1. The summed E-state index contributed by atoms with van der Waals surface area (Å²) in [5.74, 6) is 0.718. The number of halogens is 1. The molecule has 7 nitrogen and oxygen atoms in total. The van der Waals surface area contributed by atoms with Gasteiger partial charge < -0.3 is 24.7 Å². The van der Waals surface area contributed by atoms with Crippen LogP contribution in [0.1, 0.15) is 0 Å². The summed E-state index contributed by atoms with van der Waals surface area (Å²) in [5.41, 5.74) is 1.22. The highest BCUT2D eigenvalue weighted by atomic mass is 19.1. The van der Waals surface area contributed by atoms with Gasteiger partial charge in [-0.2, -0.15) is 0 Å². The fourth-order valence-electron chi connectivity index (χ4n) is 2.46. The number of carbonyl (C=O) groups is 1. The molecule has 4 rings (SSSR count). The van der Waals surface area contributed by atoms with E-state index in [4.69, 9.17) is 9.47 Å². The lowest BCUT2D eigenvalue weighted by Crippen LogP contribution is -2.19. The van der Waals surface area contributed by atoms with Crippen molar-refractivity contribution in [1.82, 2.24) is 9.55 Å². The molecule has 25 heavy (non-hydrogen) atoms. The monoisotopic (exact) mass is 340 g/mol. The number of hydrogen-bond acceptors (Lipinski definition) is 4. The molecule has 0 fully saturated rings. The van der Waals surface area contributed by atoms with Crippen molar-refractivity contribution in [2.75, 3.05) is 17.4 Å². The smallest absolute Gasteiger partial charge is 0.323 e. The molecular weight excluding hydrogens is 327 g/mol. The maximum atomic E-state index is 14.2. The molecule has 2 amide bonds. The first-order chi connectivity index (χ1) is 12.2. The summed E-state index contributed by atoms with van der Waals surface area (Å²) in [6, 6.07) is 8.98. The number of ether oxygens (including phenoxy) is 2. The van der Waals surface area contributed by atoms with Crippen LogP contribution in [0.5, 0.6) is 11.5 Å². The second-order valence-corrected chi connectivity index (χ2v) is 5.28. The lowest BCUT2D eigenvalue weighted by atomic mass is 10.2. The van der Waals surface area contributed by atoms with E-state index in [2.05, 4.69) is 15.6 Å². The molecule has 1 aromatic heterocycles. The summed E-state index contributed by atoms with van der Waals surface area (Å²) >= 11 is 0. The molecule has 0 saturated carbocycles. The van der Waals surface area contributed by atoms with Crippen LogP contribution < -0.4 is 20.1 Å². The number of nitrogens with zero attached hydrogens (tertiary/aromatic N) is 2. The molecule has 0 aliphatic carbocycles. The highest BCUT2D eigenvalue weighted by Crippen LogP contribution is 2.34. The van der Waals surface area contributed by atoms with Crippen molar-refractivity contribution in [3.63, 3.8) is 0 Å². The van der Waals surface area contributed by atoms with Crippen molar-refractivity contribution in [3.05, 3.63) is 60.9 Å². The predicted octanol–water partition coefficient (Wildman–Crippen LogP) is 3.38. The van der Waals surface area contributed by atoms with Crippen molar-refractivity contribution in [3.8, 4) is 17.2 Å². The zero-order valence-electron chi connectivity index (χ0n) is 12.9. The number of hydrogen-bond donors (Lipinski definition) is 2. The van der Waals surface area contributed by atoms with E-state index >= 15 is 0 Å². The normalized spacial score (nSPS) is 12.0. The van der Waals surface area contributed by atoms with E-state index in [1.54, 1.807) is 47.3 Å². The van der Waals surface area contributed by atoms with Crippen LogP contribution in [-0.4, -0.2) is 22.4 Å². The summed E-state index contributed by atoms with van der Waals surface area (Å²) in [4.78, 5) is 16.0. The Morgan fingerprint density at radius 3 is 2.60 bits per heavy atom. The minimum Gasteiger partial charge on any atom is -0.454 e. The van der Waals surface area contributed by atoms with Crippen LogP contribution in [0, 0.1) is 5.82 Å². The van der Waals surface area contributed by atoms with Crippen LogP contribution in [0.2, 0.25) is 0 Å².